The number of hydrogen-bond acceptors (Lipinski definition) is 6. The van der Waals surface area contributed by atoms with Crippen molar-refractivity contribution in [2.75, 3.05) is 13.1 Å². The molecule has 180 valence electrons. The number of nitrogens with zero attached hydrogens (tertiary/aromatic N) is 3. The average molecular weight is 493 g/mol. The number of amides is 3. The third-order valence-electron chi connectivity index (χ3n) is 7.50. The number of piperidine rings is 2. The smallest absolute Gasteiger partial charge is 0.255 e. The number of carbonyl (C=O) groups excluding carboxylic acids is 3. The maximum atomic E-state index is 15.2. The summed E-state index contributed by atoms with van der Waals surface area (Å²) < 4.78 is 16.4. The van der Waals surface area contributed by atoms with Crippen LogP contribution in [0.2, 0.25) is 0 Å². The lowest BCUT2D eigenvalue weighted by Crippen LogP contribution is -2.52. The van der Waals surface area contributed by atoms with Gasteiger partial charge in [-0.1, -0.05) is 18.2 Å². The highest BCUT2D eigenvalue weighted by Gasteiger charge is 2.40. The summed E-state index contributed by atoms with van der Waals surface area (Å²) in [6, 6.07) is 8.71. The second kappa shape index (κ2) is 8.80. The predicted molar refractivity (Wildman–Crippen MR) is 129 cm³/mol. The molecule has 0 radical (unpaired) electrons. The van der Waals surface area contributed by atoms with Gasteiger partial charge >= 0.3 is 0 Å². The second-order valence-corrected chi connectivity index (χ2v) is 10.5. The van der Waals surface area contributed by atoms with Gasteiger partial charge in [0, 0.05) is 25.1 Å². The maximum absolute atomic E-state index is 15.2. The van der Waals surface area contributed by atoms with Crippen molar-refractivity contribution in [1.82, 2.24) is 20.1 Å². The molecule has 1 atom stereocenters. The van der Waals surface area contributed by atoms with Crippen LogP contribution in [-0.2, 0) is 22.7 Å². The third-order valence-corrected chi connectivity index (χ3v) is 8.42. The number of likely N-dealkylation sites (tertiary alicyclic amines) is 1. The highest BCUT2D eigenvalue weighted by Crippen LogP contribution is 2.36. The van der Waals surface area contributed by atoms with Crippen molar-refractivity contribution >= 4 is 39.3 Å². The molecule has 35 heavy (non-hydrogen) atoms. The van der Waals surface area contributed by atoms with Crippen molar-refractivity contribution in [2.24, 2.45) is 0 Å². The van der Waals surface area contributed by atoms with Crippen LogP contribution >= 0.6 is 11.3 Å². The van der Waals surface area contributed by atoms with Crippen LogP contribution in [0.3, 0.4) is 0 Å². The lowest BCUT2D eigenvalue weighted by atomic mass is 9.87. The van der Waals surface area contributed by atoms with Gasteiger partial charge in [0.05, 0.1) is 15.7 Å². The van der Waals surface area contributed by atoms with Gasteiger partial charge in [-0.25, -0.2) is 9.37 Å². The van der Waals surface area contributed by atoms with E-state index < -0.39 is 11.9 Å². The molecule has 2 saturated heterocycles. The zero-order valence-corrected chi connectivity index (χ0v) is 19.9. The molecule has 0 bridgehead atoms. The second-order valence-electron chi connectivity index (χ2n) is 9.60. The van der Waals surface area contributed by atoms with E-state index in [-0.39, 0.29) is 36.5 Å². The van der Waals surface area contributed by atoms with Gasteiger partial charge < -0.3 is 4.90 Å². The minimum atomic E-state index is -0.689. The van der Waals surface area contributed by atoms with Gasteiger partial charge in [-0.15, -0.1) is 11.3 Å². The zero-order chi connectivity index (χ0) is 24.1. The van der Waals surface area contributed by atoms with Gasteiger partial charge in [0.15, 0.2) is 0 Å². The Morgan fingerprint density at radius 2 is 1.94 bits per heavy atom. The van der Waals surface area contributed by atoms with E-state index in [4.69, 9.17) is 0 Å². The number of nitrogens with one attached hydrogen (secondary N) is 1. The molecule has 3 aliphatic rings. The molecule has 3 aromatic rings. The molecular weight excluding hydrogens is 467 g/mol. The summed E-state index contributed by atoms with van der Waals surface area (Å²) in [5, 5.41) is 2.30. The first-order chi connectivity index (χ1) is 17.0. The third kappa shape index (κ3) is 4.02. The minimum Gasteiger partial charge on any atom is -0.322 e. The summed E-state index contributed by atoms with van der Waals surface area (Å²) in [4.78, 5) is 45.0. The standard InChI is InChI=1S/C26H25FN4O3S/c27-20-11-19-17(13-31(26(19)34)22-4-5-23(32)29-25(22)33)10-18(20)15-6-8-30(9-7-15)12-16-2-1-3-21-24(16)35-14-28-21/h1-3,10-11,14-15,22H,4-9,12-13H2,(H,29,32,33). The Labute approximate surface area is 205 Å². The van der Waals surface area contributed by atoms with E-state index >= 15 is 4.39 Å². The summed E-state index contributed by atoms with van der Waals surface area (Å²) >= 11 is 1.66. The van der Waals surface area contributed by atoms with E-state index in [0.29, 0.717) is 17.5 Å². The molecule has 6 rings (SSSR count). The number of aromatic nitrogens is 1. The summed E-state index contributed by atoms with van der Waals surface area (Å²) in [6.07, 6.45) is 2.19. The van der Waals surface area contributed by atoms with Gasteiger partial charge in [-0.2, -0.15) is 0 Å². The van der Waals surface area contributed by atoms with Crippen LogP contribution in [-0.4, -0.2) is 51.6 Å². The largest absolute Gasteiger partial charge is 0.322 e. The molecule has 9 heteroatoms. The number of thiazole rings is 1. The first kappa shape index (κ1) is 22.3. The molecule has 4 heterocycles. The number of benzene rings is 2. The summed E-state index contributed by atoms with van der Waals surface area (Å²) in [7, 11) is 0. The predicted octanol–water partition coefficient (Wildman–Crippen LogP) is 3.58. The number of hydrogen-bond donors (Lipinski definition) is 1. The number of fused-ring (bicyclic) bond motifs is 2. The van der Waals surface area contributed by atoms with Crippen LogP contribution in [0.1, 0.15) is 58.6 Å². The number of rotatable bonds is 4. The van der Waals surface area contributed by atoms with Crippen LogP contribution in [0.4, 0.5) is 4.39 Å². The Morgan fingerprint density at radius 1 is 1.11 bits per heavy atom. The van der Waals surface area contributed by atoms with Crippen molar-refractivity contribution in [3.63, 3.8) is 0 Å². The molecule has 3 amide bonds. The van der Waals surface area contributed by atoms with Crippen molar-refractivity contribution in [3.05, 3.63) is 63.9 Å². The van der Waals surface area contributed by atoms with E-state index in [1.54, 1.807) is 11.3 Å². The molecule has 0 saturated carbocycles. The van der Waals surface area contributed by atoms with Gasteiger partial charge in [0.2, 0.25) is 11.8 Å². The molecular formula is C26H25FN4O3S. The van der Waals surface area contributed by atoms with Crippen LogP contribution in [0, 0.1) is 5.82 Å². The SMILES string of the molecule is O=C1CCC(N2Cc3cc(C4CCN(Cc5cccc6ncsc56)CC4)c(F)cc3C2=O)C(=O)N1. The maximum Gasteiger partial charge on any atom is 0.255 e. The van der Waals surface area contributed by atoms with Crippen LogP contribution in [0.5, 0.6) is 0 Å². The van der Waals surface area contributed by atoms with Crippen molar-refractivity contribution in [3.8, 4) is 0 Å². The minimum absolute atomic E-state index is 0.0931. The Bertz CT molecular complexity index is 1350. The molecule has 2 aromatic carbocycles. The lowest BCUT2D eigenvalue weighted by molar-refractivity contribution is -0.136. The Kier molecular flexibility index (Phi) is 5.61. The van der Waals surface area contributed by atoms with Gasteiger partial charge in [0.1, 0.15) is 11.9 Å². The van der Waals surface area contributed by atoms with E-state index in [2.05, 4.69) is 21.3 Å². The number of carbonyl (C=O) groups is 3. The fourth-order valence-electron chi connectivity index (χ4n) is 5.63. The van der Waals surface area contributed by atoms with Crippen molar-refractivity contribution in [1.29, 1.82) is 0 Å². The lowest BCUT2D eigenvalue weighted by Gasteiger charge is -2.32. The Hall–Kier alpha value is -3.17. The Balaban J connectivity index is 1.15. The van der Waals surface area contributed by atoms with Crippen LogP contribution in [0.25, 0.3) is 10.2 Å². The zero-order valence-electron chi connectivity index (χ0n) is 19.1. The van der Waals surface area contributed by atoms with Gasteiger partial charge in [-0.3, -0.25) is 24.6 Å². The molecule has 1 unspecified atom stereocenters. The number of halogens is 1. The molecule has 0 aliphatic carbocycles. The fourth-order valence-corrected chi connectivity index (χ4v) is 6.43. The normalized spacial score (nSPS) is 21.6. The molecule has 1 N–H and O–H groups in total. The summed E-state index contributed by atoms with van der Waals surface area (Å²) in [5.41, 5.74) is 5.93. The van der Waals surface area contributed by atoms with Gasteiger partial charge in [0.25, 0.3) is 5.91 Å². The van der Waals surface area contributed by atoms with E-state index in [1.165, 1.54) is 21.2 Å². The molecule has 2 fully saturated rings. The molecule has 0 spiro atoms. The average Bonchev–Trinajstić information content (AvgIpc) is 3.45. The summed E-state index contributed by atoms with van der Waals surface area (Å²) in [6.45, 7) is 2.87. The van der Waals surface area contributed by atoms with Crippen LogP contribution < -0.4 is 5.32 Å². The Morgan fingerprint density at radius 3 is 2.74 bits per heavy atom. The van der Waals surface area contributed by atoms with E-state index in [0.717, 1.165) is 43.6 Å². The van der Waals surface area contributed by atoms with Crippen LogP contribution in [0.15, 0.2) is 35.8 Å². The molecule has 7 nitrogen and oxygen atoms in total. The van der Waals surface area contributed by atoms with Gasteiger partial charge in [-0.05, 0) is 67.1 Å². The first-order valence-electron chi connectivity index (χ1n) is 12.0. The highest BCUT2D eigenvalue weighted by atomic mass is 32.1. The molecule has 1 aromatic heterocycles. The van der Waals surface area contributed by atoms with Crippen molar-refractivity contribution < 1.29 is 18.8 Å². The fraction of sp³-hybridized carbons (Fsp3) is 0.385. The molecule has 3 aliphatic heterocycles. The number of imide groups is 1. The highest BCUT2D eigenvalue weighted by molar-refractivity contribution is 7.16. The summed E-state index contributed by atoms with van der Waals surface area (Å²) in [5.74, 6) is -1.37. The van der Waals surface area contributed by atoms with E-state index in [1.807, 2.05) is 23.7 Å². The first-order valence-corrected chi connectivity index (χ1v) is 12.9. The topological polar surface area (TPSA) is 82.6 Å². The van der Waals surface area contributed by atoms with E-state index in [9.17, 15) is 14.4 Å². The monoisotopic (exact) mass is 492 g/mol. The quantitative estimate of drug-likeness (QED) is 0.563. The van der Waals surface area contributed by atoms with Crippen molar-refractivity contribution in [2.45, 2.75) is 50.7 Å².